The predicted molar refractivity (Wildman–Crippen MR) is 94.5 cm³/mol. The van der Waals surface area contributed by atoms with E-state index in [1.165, 1.54) is 12.1 Å². The third-order valence-electron chi connectivity index (χ3n) is 3.37. The standard InChI is InChI=1S/C18H14Cl2N2O3/c1-11(15-6-5-14(19)8-16(15)20)22-17(23)10-25-18(24)13-4-2-3-12(7-13)9-21/h2-8,11H,10H2,1H3,(H,22,23)/t11-/m0/s1. The topological polar surface area (TPSA) is 79.2 Å². The van der Waals surface area contributed by atoms with Crippen LogP contribution >= 0.6 is 23.2 Å². The average molecular weight is 377 g/mol. The van der Waals surface area contributed by atoms with Crippen LogP contribution in [0.5, 0.6) is 0 Å². The van der Waals surface area contributed by atoms with Crippen LogP contribution in [-0.2, 0) is 9.53 Å². The fourth-order valence-corrected chi connectivity index (χ4v) is 2.72. The van der Waals surface area contributed by atoms with Crippen molar-refractivity contribution >= 4 is 35.1 Å². The normalized spacial score (nSPS) is 11.3. The number of nitriles is 1. The van der Waals surface area contributed by atoms with Crippen molar-refractivity contribution in [2.24, 2.45) is 0 Å². The Bertz CT molecular complexity index is 846. The van der Waals surface area contributed by atoms with Crippen LogP contribution < -0.4 is 5.32 Å². The fourth-order valence-electron chi connectivity index (χ4n) is 2.14. The molecule has 0 aliphatic rings. The van der Waals surface area contributed by atoms with E-state index in [0.717, 1.165) is 0 Å². The van der Waals surface area contributed by atoms with Crippen LogP contribution in [-0.4, -0.2) is 18.5 Å². The summed E-state index contributed by atoms with van der Waals surface area (Å²) in [6.07, 6.45) is 0. The van der Waals surface area contributed by atoms with E-state index in [1.54, 1.807) is 37.3 Å². The number of nitrogens with zero attached hydrogens (tertiary/aromatic N) is 1. The van der Waals surface area contributed by atoms with Crippen LogP contribution in [0.3, 0.4) is 0 Å². The molecule has 25 heavy (non-hydrogen) atoms. The number of carbonyl (C=O) groups excluding carboxylic acids is 2. The molecule has 1 atom stereocenters. The number of halogens is 2. The summed E-state index contributed by atoms with van der Waals surface area (Å²) in [5.41, 5.74) is 1.25. The van der Waals surface area contributed by atoms with Crippen molar-refractivity contribution in [3.05, 3.63) is 69.2 Å². The van der Waals surface area contributed by atoms with Crippen LogP contribution in [0.2, 0.25) is 10.0 Å². The van der Waals surface area contributed by atoms with E-state index in [4.69, 9.17) is 33.2 Å². The number of esters is 1. The zero-order valence-corrected chi connectivity index (χ0v) is 14.8. The van der Waals surface area contributed by atoms with E-state index in [9.17, 15) is 9.59 Å². The lowest BCUT2D eigenvalue weighted by Gasteiger charge is -2.16. The Hall–Kier alpha value is -2.55. The third-order valence-corrected chi connectivity index (χ3v) is 3.93. The van der Waals surface area contributed by atoms with Gasteiger partial charge in [0.15, 0.2) is 6.61 Å². The Morgan fingerprint density at radius 2 is 2.00 bits per heavy atom. The van der Waals surface area contributed by atoms with E-state index in [1.807, 2.05) is 6.07 Å². The SMILES string of the molecule is C[C@H](NC(=O)COC(=O)c1cccc(C#N)c1)c1ccc(Cl)cc1Cl. The second-order valence-electron chi connectivity index (χ2n) is 5.22. The van der Waals surface area contributed by atoms with Gasteiger partial charge in [-0.3, -0.25) is 4.79 Å². The first-order valence-electron chi connectivity index (χ1n) is 7.32. The summed E-state index contributed by atoms with van der Waals surface area (Å²) >= 11 is 11.9. The molecule has 0 aromatic heterocycles. The molecule has 2 rings (SSSR count). The van der Waals surface area contributed by atoms with Crippen molar-refractivity contribution in [1.29, 1.82) is 5.26 Å². The van der Waals surface area contributed by atoms with Crippen molar-refractivity contribution < 1.29 is 14.3 Å². The first kappa shape index (κ1) is 18.8. The number of benzene rings is 2. The molecule has 0 saturated heterocycles. The highest BCUT2D eigenvalue weighted by atomic mass is 35.5. The largest absolute Gasteiger partial charge is 0.452 e. The number of amides is 1. The van der Waals surface area contributed by atoms with Gasteiger partial charge >= 0.3 is 5.97 Å². The number of carbonyl (C=O) groups is 2. The molecule has 0 spiro atoms. The summed E-state index contributed by atoms with van der Waals surface area (Å²) in [5, 5.41) is 12.4. The average Bonchev–Trinajstić information content (AvgIpc) is 2.59. The molecule has 2 aromatic rings. The smallest absolute Gasteiger partial charge is 0.338 e. The van der Waals surface area contributed by atoms with Crippen molar-refractivity contribution in [1.82, 2.24) is 5.32 Å². The van der Waals surface area contributed by atoms with Gasteiger partial charge in [0.05, 0.1) is 23.2 Å². The highest BCUT2D eigenvalue weighted by Crippen LogP contribution is 2.25. The first-order chi connectivity index (χ1) is 11.9. The van der Waals surface area contributed by atoms with Gasteiger partial charge in [0.1, 0.15) is 0 Å². The number of nitrogens with one attached hydrogen (secondary N) is 1. The van der Waals surface area contributed by atoms with Crippen LogP contribution in [0.25, 0.3) is 0 Å². The lowest BCUT2D eigenvalue weighted by molar-refractivity contribution is -0.124. The van der Waals surface area contributed by atoms with Gasteiger partial charge in [0.2, 0.25) is 0 Å². The number of hydrogen-bond acceptors (Lipinski definition) is 4. The maximum atomic E-state index is 12.0. The third kappa shape index (κ3) is 5.21. The van der Waals surface area contributed by atoms with Crippen molar-refractivity contribution in [3.63, 3.8) is 0 Å². The van der Waals surface area contributed by atoms with Crippen molar-refractivity contribution in [2.45, 2.75) is 13.0 Å². The van der Waals surface area contributed by atoms with Gasteiger partial charge in [-0.25, -0.2) is 4.79 Å². The minimum Gasteiger partial charge on any atom is -0.452 e. The summed E-state index contributed by atoms with van der Waals surface area (Å²) in [5.74, 6) is -1.15. The van der Waals surface area contributed by atoms with Gasteiger partial charge in [-0.05, 0) is 42.8 Å². The van der Waals surface area contributed by atoms with E-state index < -0.39 is 18.5 Å². The molecule has 5 nitrogen and oxygen atoms in total. The molecule has 1 N–H and O–H groups in total. The molecule has 0 bridgehead atoms. The molecule has 0 heterocycles. The summed E-state index contributed by atoms with van der Waals surface area (Å²) < 4.78 is 4.96. The minimum absolute atomic E-state index is 0.209. The monoisotopic (exact) mass is 376 g/mol. The van der Waals surface area contributed by atoms with Gasteiger partial charge in [-0.1, -0.05) is 35.3 Å². The maximum Gasteiger partial charge on any atom is 0.338 e. The fraction of sp³-hybridized carbons (Fsp3) is 0.167. The molecule has 0 aliphatic carbocycles. The molecule has 0 fully saturated rings. The number of ether oxygens (including phenoxy) is 1. The Labute approximate surface area is 155 Å². The molecular weight excluding hydrogens is 363 g/mol. The molecular formula is C18H14Cl2N2O3. The second kappa shape index (κ2) is 8.52. The number of rotatable bonds is 5. The Balaban J connectivity index is 1.91. The predicted octanol–water partition coefficient (Wildman–Crippen LogP) is 3.90. The molecule has 0 radical (unpaired) electrons. The Kier molecular flexibility index (Phi) is 6.40. The molecule has 7 heteroatoms. The Morgan fingerprint density at radius 3 is 2.68 bits per heavy atom. The molecule has 0 unspecified atom stereocenters. The lowest BCUT2D eigenvalue weighted by Crippen LogP contribution is -2.31. The van der Waals surface area contributed by atoms with E-state index in [-0.39, 0.29) is 11.6 Å². The van der Waals surface area contributed by atoms with Gasteiger partial charge in [-0.2, -0.15) is 5.26 Å². The van der Waals surface area contributed by atoms with Crippen molar-refractivity contribution in [2.75, 3.05) is 6.61 Å². The zero-order chi connectivity index (χ0) is 18.4. The van der Waals surface area contributed by atoms with Gasteiger partial charge in [0, 0.05) is 10.0 Å². The summed E-state index contributed by atoms with van der Waals surface area (Å²) in [6, 6.07) is 12.6. The maximum absolute atomic E-state index is 12.0. The number of hydrogen-bond donors (Lipinski definition) is 1. The quantitative estimate of drug-likeness (QED) is 0.802. The summed E-state index contributed by atoms with van der Waals surface area (Å²) in [6.45, 7) is 1.32. The highest BCUT2D eigenvalue weighted by molar-refractivity contribution is 6.35. The summed E-state index contributed by atoms with van der Waals surface area (Å²) in [7, 11) is 0. The van der Waals surface area contributed by atoms with Gasteiger partial charge in [0.25, 0.3) is 5.91 Å². The van der Waals surface area contributed by atoms with E-state index in [2.05, 4.69) is 5.32 Å². The molecule has 128 valence electrons. The first-order valence-corrected chi connectivity index (χ1v) is 8.08. The molecule has 2 aromatic carbocycles. The van der Waals surface area contributed by atoms with Crippen LogP contribution in [0.1, 0.15) is 34.5 Å². The van der Waals surface area contributed by atoms with Gasteiger partial charge < -0.3 is 10.1 Å². The van der Waals surface area contributed by atoms with Crippen molar-refractivity contribution in [3.8, 4) is 6.07 Å². The lowest BCUT2D eigenvalue weighted by atomic mass is 10.1. The van der Waals surface area contributed by atoms with Gasteiger partial charge in [-0.15, -0.1) is 0 Å². The van der Waals surface area contributed by atoms with Crippen LogP contribution in [0.4, 0.5) is 0 Å². The van der Waals surface area contributed by atoms with E-state index in [0.29, 0.717) is 21.2 Å². The Morgan fingerprint density at radius 1 is 1.24 bits per heavy atom. The molecule has 0 saturated carbocycles. The minimum atomic E-state index is -0.676. The van der Waals surface area contributed by atoms with Crippen LogP contribution in [0, 0.1) is 11.3 Å². The molecule has 0 aliphatic heterocycles. The second-order valence-corrected chi connectivity index (χ2v) is 6.07. The zero-order valence-electron chi connectivity index (χ0n) is 13.3. The summed E-state index contributed by atoms with van der Waals surface area (Å²) in [4.78, 5) is 23.9. The van der Waals surface area contributed by atoms with Crippen LogP contribution in [0.15, 0.2) is 42.5 Å². The molecule has 1 amide bonds. The highest BCUT2D eigenvalue weighted by Gasteiger charge is 2.15. The van der Waals surface area contributed by atoms with E-state index >= 15 is 0 Å².